The summed E-state index contributed by atoms with van der Waals surface area (Å²) in [5.74, 6) is 0.946. The summed E-state index contributed by atoms with van der Waals surface area (Å²) < 4.78 is 0. The molecule has 0 aliphatic rings. The van der Waals surface area contributed by atoms with Crippen molar-refractivity contribution in [1.82, 2.24) is 0 Å². The van der Waals surface area contributed by atoms with Crippen LogP contribution in [0.1, 0.15) is 13.8 Å². The zero-order valence-electron chi connectivity index (χ0n) is 5.10. The van der Waals surface area contributed by atoms with E-state index in [0.717, 1.165) is 5.92 Å². The first-order valence-electron chi connectivity index (χ1n) is 2.27. The minimum absolute atomic E-state index is 0. The fourth-order valence-electron chi connectivity index (χ4n) is 0. The number of hydrogen-bond donors (Lipinski definition) is 0. The topological polar surface area (TPSA) is 0 Å². The maximum Gasteiger partial charge on any atom is 0.212 e. The number of rotatable bonds is 1. The summed E-state index contributed by atoms with van der Waals surface area (Å²) in [5.41, 5.74) is 0. The lowest BCUT2D eigenvalue weighted by molar-refractivity contribution is 0.735. The van der Waals surface area contributed by atoms with Crippen LogP contribution in [0.3, 0.4) is 0 Å². The lowest BCUT2D eigenvalue weighted by Gasteiger charge is -1.90. The van der Waals surface area contributed by atoms with E-state index in [0.29, 0.717) is 0 Å². The molecular formula is C4H13AlI2. The normalized spacial score (nSPS) is 6.71. The van der Waals surface area contributed by atoms with Crippen molar-refractivity contribution in [1.29, 1.82) is 0 Å². The van der Waals surface area contributed by atoms with E-state index in [4.69, 9.17) is 0 Å². The molecule has 0 heterocycles. The van der Waals surface area contributed by atoms with Crippen LogP contribution in [0, 0.1) is 5.92 Å². The smallest absolute Gasteiger partial charge is 0.107 e. The molecule has 0 N–H and O–H groups in total. The molecule has 0 nitrogen and oxygen atoms in total. The molecule has 46 valence electrons. The second kappa shape index (κ2) is 10.9. The Bertz CT molecular complexity index is 23.7. The Morgan fingerprint density at radius 2 is 1.43 bits per heavy atom. The summed E-state index contributed by atoms with van der Waals surface area (Å²) in [4.78, 5) is 0. The number of halogens is 2. The van der Waals surface area contributed by atoms with Crippen molar-refractivity contribution in [3.8, 4) is 0 Å². The van der Waals surface area contributed by atoms with Gasteiger partial charge >= 0.3 is 0 Å². The van der Waals surface area contributed by atoms with Gasteiger partial charge in [0, 0.05) is 0 Å². The zero-order chi connectivity index (χ0) is 4.28. The second-order valence-electron chi connectivity index (χ2n) is 1.80. The molecule has 0 aromatic heterocycles. The Balaban J connectivity index is -0.0000000800. The molecule has 0 spiro atoms. The van der Waals surface area contributed by atoms with Crippen molar-refractivity contribution in [3.05, 3.63) is 0 Å². The lowest BCUT2D eigenvalue weighted by atomic mass is 10.3. The molecular weight excluding hydrogens is 329 g/mol. The Labute approximate surface area is 88.3 Å². The van der Waals surface area contributed by atoms with Gasteiger partial charge in [-0.05, 0) is 0 Å². The highest BCUT2D eigenvalue weighted by Crippen LogP contribution is 1.92. The molecule has 0 saturated carbocycles. The van der Waals surface area contributed by atoms with Gasteiger partial charge in [-0.15, -0.1) is 48.0 Å². The molecule has 0 unspecified atom stereocenters. The molecule has 0 aliphatic heterocycles. The quantitative estimate of drug-likeness (QED) is 0.505. The van der Waals surface area contributed by atoms with Gasteiger partial charge in [0.05, 0.1) is 0 Å². The molecule has 0 saturated heterocycles. The van der Waals surface area contributed by atoms with E-state index in [-0.39, 0.29) is 48.0 Å². The van der Waals surface area contributed by atoms with Gasteiger partial charge in [0.2, 0.25) is 16.3 Å². The van der Waals surface area contributed by atoms with Crippen LogP contribution in [0.2, 0.25) is 5.28 Å². The maximum absolute atomic E-state index is 2.26. The van der Waals surface area contributed by atoms with Crippen LogP contribution in [0.15, 0.2) is 0 Å². The predicted molar refractivity (Wildman–Crippen MR) is 59.0 cm³/mol. The van der Waals surface area contributed by atoms with Gasteiger partial charge in [-0.2, -0.15) is 0 Å². The Morgan fingerprint density at radius 3 is 1.43 bits per heavy atom. The third kappa shape index (κ3) is 18.0. The standard InChI is InChI=1S/C4H9.Al.2HI.2H/c1-4(2)3;;;;;/h4H,1H2,2-3H3;;2*1H;;. The van der Waals surface area contributed by atoms with Gasteiger partial charge in [0.25, 0.3) is 0 Å². The Kier molecular flexibility index (Phi) is 24.9. The molecule has 0 aromatic carbocycles. The summed E-state index contributed by atoms with van der Waals surface area (Å²) in [6.07, 6.45) is 0. The first-order valence-corrected chi connectivity index (χ1v) is 3.68. The monoisotopic (exact) mass is 342 g/mol. The van der Waals surface area contributed by atoms with Gasteiger partial charge in [0.15, 0.2) is 0 Å². The van der Waals surface area contributed by atoms with Crippen molar-refractivity contribution < 1.29 is 0 Å². The summed E-state index contributed by atoms with van der Waals surface area (Å²) in [6.45, 7) is 4.51. The highest BCUT2D eigenvalue weighted by atomic mass is 127. The van der Waals surface area contributed by atoms with Crippen molar-refractivity contribution in [2.75, 3.05) is 0 Å². The maximum atomic E-state index is 2.26. The van der Waals surface area contributed by atoms with E-state index in [1.165, 1.54) is 21.6 Å². The van der Waals surface area contributed by atoms with Crippen LogP contribution in [0.5, 0.6) is 0 Å². The fourth-order valence-corrected chi connectivity index (χ4v) is 0. The molecule has 0 radical (unpaired) electrons. The van der Waals surface area contributed by atoms with E-state index in [9.17, 15) is 0 Å². The first-order chi connectivity index (χ1) is 2.27. The highest BCUT2D eigenvalue weighted by molar-refractivity contribution is 14.0. The third-order valence-electron chi connectivity index (χ3n) is 0.816. The van der Waals surface area contributed by atoms with Gasteiger partial charge in [0.1, 0.15) is 0 Å². The summed E-state index contributed by atoms with van der Waals surface area (Å²) in [5, 5.41) is 1.44. The molecule has 0 atom stereocenters. The second-order valence-corrected chi connectivity index (χ2v) is 2.62. The molecule has 0 bridgehead atoms. The van der Waals surface area contributed by atoms with Crippen LogP contribution < -0.4 is 0 Å². The van der Waals surface area contributed by atoms with Crippen LogP contribution in [0.25, 0.3) is 0 Å². The van der Waals surface area contributed by atoms with Crippen LogP contribution >= 0.6 is 48.0 Å². The fraction of sp³-hybridized carbons (Fsp3) is 1.00. The van der Waals surface area contributed by atoms with Crippen molar-refractivity contribution in [2.24, 2.45) is 5.92 Å². The average Bonchev–Trinajstić information content (AvgIpc) is 1.38. The van der Waals surface area contributed by atoms with Gasteiger partial charge < -0.3 is 0 Å². The summed E-state index contributed by atoms with van der Waals surface area (Å²) in [7, 11) is 0. The minimum Gasteiger partial charge on any atom is -0.107 e. The summed E-state index contributed by atoms with van der Waals surface area (Å²) in [6, 6.07) is 0. The van der Waals surface area contributed by atoms with Crippen molar-refractivity contribution in [2.45, 2.75) is 19.1 Å². The SMILES string of the molecule is CC(C)[CH2][AlH2].I.I. The van der Waals surface area contributed by atoms with Gasteiger partial charge in [-0.1, -0.05) is 25.0 Å². The van der Waals surface area contributed by atoms with Gasteiger partial charge in [-0.25, -0.2) is 0 Å². The molecule has 0 amide bonds. The van der Waals surface area contributed by atoms with E-state index in [1.54, 1.807) is 0 Å². The largest absolute Gasteiger partial charge is 0.212 e. The molecule has 0 fully saturated rings. The van der Waals surface area contributed by atoms with Crippen LogP contribution in [-0.2, 0) is 0 Å². The average molecular weight is 342 g/mol. The van der Waals surface area contributed by atoms with Crippen molar-refractivity contribution in [3.63, 3.8) is 0 Å². The molecule has 3 heteroatoms. The van der Waals surface area contributed by atoms with Gasteiger partial charge in [-0.3, -0.25) is 0 Å². The highest BCUT2D eigenvalue weighted by Gasteiger charge is 1.80. The van der Waals surface area contributed by atoms with E-state index in [2.05, 4.69) is 13.8 Å². The summed E-state index contributed by atoms with van der Waals surface area (Å²) >= 11 is 1.37. The molecule has 0 aromatic rings. The minimum atomic E-state index is 0. The Morgan fingerprint density at radius 1 is 1.29 bits per heavy atom. The van der Waals surface area contributed by atoms with Crippen molar-refractivity contribution >= 4 is 64.2 Å². The molecule has 0 aliphatic carbocycles. The van der Waals surface area contributed by atoms with Crippen LogP contribution in [-0.4, -0.2) is 16.3 Å². The van der Waals surface area contributed by atoms with E-state index >= 15 is 0 Å². The van der Waals surface area contributed by atoms with E-state index < -0.39 is 0 Å². The van der Waals surface area contributed by atoms with E-state index in [1.807, 2.05) is 0 Å². The number of hydrogen-bond acceptors (Lipinski definition) is 0. The molecule has 0 rings (SSSR count). The lowest BCUT2D eigenvalue weighted by Crippen LogP contribution is -1.80. The zero-order valence-corrected chi connectivity index (χ0v) is 11.8. The molecule has 7 heavy (non-hydrogen) atoms. The third-order valence-corrected chi connectivity index (χ3v) is 2.45. The Hall–Kier alpha value is 1.99. The predicted octanol–water partition coefficient (Wildman–Crippen LogP) is 1.93. The first kappa shape index (κ1) is 16.0. The van der Waals surface area contributed by atoms with Crippen LogP contribution in [0.4, 0.5) is 0 Å².